The van der Waals surface area contributed by atoms with Gasteiger partial charge in [0.1, 0.15) is 5.75 Å². The van der Waals surface area contributed by atoms with Crippen molar-refractivity contribution in [2.75, 3.05) is 19.0 Å². The SMILES string of the molecule is COc1ccc(NC(N)=NCC(C)(C)NC(C)c2ccccc2)cc1Cl.I. The van der Waals surface area contributed by atoms with E-state index >= 15 is 0 Å². The van der Waals surface area contributed by atoms with E-state index in [0.717, 1.165) is 5.69 Å². The van der Waals surface area contributed by atoms with Crippen LogP contribution in [-0.2, 0) is 0 Å². The Labute approximate surface area is 183 Å². The Hall–Kier alpha value is -1.51. The van der Waals surface area contributed by atoms with Crippen molar-refractivity contribution in [1.29, 1.82) is 0 Å². The van der Waals surface area contributed by atoms with E-state index in [1.807, 2.05) is 24.3 Å². The molecule has 0 saturated carbocycles. The van der Waals surface area contributed by atoms with E-state index in [2.05, 4.69) is 48.5 Å². The number of nitrogens with one attached hydrogen (secondary N) is 2. The van der Waals surface area contributed by atoms with Crippen molar-refractivity contribution in [3.63, 3.8) is 0 Å². The lowest BCUT2D eigenvalue weighted by atomic mass is 10.0. The van der Waals surface area contributed by atoms with Crippen molar-refractivity contribution in [2.24, 2.45) is 10.7 Å². The highest BCUT2D eigenvalue weighted by atomic mass is 127. The van der Waals surface area contributed by atoms with E-state index in [-0.39, 0.29) is 35.6 Å². The summed E-state index contributed by atoms with van der Waals surface area (Å²) in [5.41, 5.74) is 7.81. The van der Waals surface area contributed by atoms with E-state index in [1.54, 1.807) is 19.2 Å². The largest absolute Gasteiger partial charge is 0.495 e. The summed E-state index contributed by atoms with van der Waals surface area (Å²) in [4.78, 5) is 4.46. The summed E-state index contributed by atoms with van der Waals surface area (Å²) in [7, 11) is 1.58. The molecule has 2 rings (SSSR count). The van der Waals surface area contributed by atoms with Crippen molar-refractivity contribution >= 4 is 47.2 Å². The molecule has 7 heteroatoms. The first kappa shape index (κ1) is 23.5. The van der Waals surface area contributed by atoms with Gasteiger partial charge in [0.2, 0.25) is 0 Å². The molecule has 1 atom stereocenters. The van der Waals surface area contributed by atoms with E-state index in [1.165, 1.54) is 5.56 Å². The van der Waals surface area contributed by atoms with Crippen molar-refractivity contribution in [3.8, 4) is 5.75 Å². The highest BCUT2D eigenvalue weighted by molar-refractivity contribution is 14.0. The van der Waals surface area contributed by atoms with Gasteiger partial charge in [-0.05, 0) is 44.5 Å². The van der Waals surface area contributed by atoms with E-state index < -0.39 is 0 Å². The van der Waals surface area contributed by atoms with Crippen LogP contribution in [0.5, 0.6) is 5.75 Å². The summed E-state index contributed by atoms with van der Waals surface area (Å²) in [6.07, 6.45) is 0. The van der Waals surface area contributed by atoms with Crippen LogP contribution >= 0.6 is 35.6 Å². The van der Waals surface area contributed by atoms with Crippen molar-refractivity contribution < 1.29 is 4.74 Å². The van der Waals surface area contributed by atoms with Gasteiger partial charge in [-0.3, -0.25) is 4.99 Å². The number of rotatable bonds is 7. The number of nitrogens with two attached hydrogens (primary N) is 1. The number of halogens is 2. The molecule has 1 unspecified atom stereocenters. The lowest BCUT2D eigenvalue weighted by molar-refractivity contribution is 0.357. The van der Waals surface area contributed by atoms with Crippen LogP contribution in [0.25, 0.3) is 0 Å². The maximum absolute atomic E-state index is 6.12. The normalized spacial score (nSPS) is 12.9. The van der Waals surface area contributed by atoms with Crippen LogP contribution in [0, 0.1) is 0 Å². The minimum absolute atomic E-state index is 0. The number of hydrogen-bond donors (Lipinski definition) is 3. The van der Waals surface area contributed by atoms with Gasteiger partial charge in [-0.2, -0.15) is 0 Å². The van der Waals surface area contributed by atoms with Gasteiger partial charge in [0.05, 0.1) is 18.7 Å². The Bertz CT molecular complexity index is 753. The van der Waals surface area contributed by atoms with Crippen LogP contribution < -0.4 is 21.1 Å². The number of aliphatic imine (C=N–C) groups is 1. The lowest BCUT2D eigenvalue weighted by Crippen LogP contribution is -2.44. The van der Waals surface area contributed by atoms with Crippen LogP contribution in [0.2, 0.25) is 5.02 Å². The molecule has 0 aliphatic rings. The molecule has 148 valence electrons. The number of benzene rings is 2. The topological polar surface area (TPSA) is 71.7 Å². The van der Waals surface area contributed by atoms with Gasteiger partial charge in [-0.1, -0.05) is 41.9 Å². The minimum atomic E-state index is -0.209. The quantitative estimate of drug-likeness (QED) is 0.288. The Morgan fingerprint density at radius 1 is 1.22 bits per heavy atom. The molecule has 0 aliphatic heterocycles. The molecular formula is C20H28ClIN4O. The predicted octanol–water partition coefficient (Wildman–Crippen LogP) is 4.82. The van der Waals surface area contributed by atoms with Gasteiger partial charge in [0.25, 0.3) is 0 Å². The van der Waals surface area contributed by atoms with E-state index in [0.29, 0.717) is 23.3 Å². The minimum Gasteiger partial charge on any atom is -0.495 e. The Balaban J connectivity index is 0.00000364. The second kappa shape index (κ2) is 10.7. The first-order valence-electron chi connectivity index (χ1n) is 8.54. The summed E-state index contributed by atoms with van der Waals surface area (Å²) < 4.78 is 5.14. The molecule has 5 nitrogen and oxygen atoms in total. The highest BCUT2D eigenvalue weighted by Gasteiger charge is 2.20. The maximum Gasteiger partial charge on any atom is 0.193 e. The lowest BCUT2D eigenvalue weighted by Gasteiger charge is -2.29. The summed E-state index contributed by atoms with van der Waals surface area (Å²) in [6.45, 7) is 6.88. The Morgan fingerprint density at radius 3 is 2.48 bits per heavy atom. The molecular weight excluding hydrogens is 475 g/mol. The standard InChI is InChI=1S/C20H27ClN4O.HI/c1-14(15-8-6-5-7-9-15)25-20(2,3)13-23-19(22)24-16-10-11-18(26-4)17(21)12-16;/h5-12,14,25H,13H2,1-4H3,(H3,22,23,24);1H. The number of hydrogen-bond acceptors (Lipinski definition) is 3. The monoisotopic (exact) mass is 502 g/mol. The molecule has 0 spiro atoms. The van der Waals surface area contributed by atoms with Crippen molar-refractivity contribution in [1.82, 2.24) is 5.32 Å². The molecule has 0 bridgehead atoms. The highest BCUT2D eigenvalue weighted by Crippen LogP contribution is 2.27. The molecule has 0 fully saturated rings. The molecule has 0 radical (unpaired) electrons. The van der Waals surface area contributed by atoms with E-state index in [4.69, 9.17) is 22.1 Å². The zero-order valence-electron chi connectivity index (χ0n) is 16.1. The molecule has 2 aromatic rings. The molecule has 2 aromatic carbocycles. The van der Waals surface area contributed by atoms with Gasteiger partial charge in [-0.25, -0.2) is 0 Å². The summed E-state index contributed by atoms with van der Waals surface area (Å²) in [5.74, 6) is 0.960. The van der Waals surface area contributed by atoms with Crippen LogP contribution in [0.15, 0.2) is 53.5 Å². The maximum atomic E-state index is 6.12. The van der Waals surface area contributed by atoms with Crippen LogP contribution in [0.4, 0.5) is 5.69 Å². The second-order valence-corrected chi connectivity index (χ2v) is 7.24. The molecule has 27 heavy (non-hydrogen) atoms. The Kier molecular flexibility index (Phi) is 9.35. The average Bonchev–Trinajstić information content (AvgIpc) is 2.61. The third-order valence-electron chi connectivity index (χ3n) is 3.98. The molecule has 0 aromatic heterocycles. The zero-order valence-corrected chi connectivity index (χ0v) is 19.2. The summed E-state index contributed by atoms with van der Waals surface area (Å²) >= 11 is 6.12. The molecule has 0 aliphatic carbocycles. The molecule has 0 heterocycles. The summed E-state index contributed by atoms with van der Waals surface area (Å²) in [5, 5.41) is 7.16. The van der Waals surface area contributed by atoms with Gasteiger partial charge in [0, 0.05) is 17.3 Å². The number of anilines is 1. The molecule has 0 amide bonds. The fraction of sp³-hybridized carbons (Fsp3) is 0.350. The Morgan fingerprint density at radius 2 is 1.89 bits per heavy atom. The third kappa shape index (κ3) is 7.56. The number of ether oxygens (including phenoxy) is 1. The van der Waals surface area contributed by atoms with E-state index in [9.17, 15) is 0 Å². The first-order chi connectivity index (χ1) is 12.3. The number of guanidine groups is 1. The predicted molar refractivity (Wildman–Crippen MR) is 126 cm³/mol. The van der Waals surface area contributed by atoms with Gasteiger partial charge in [0.15, 0.2) is 5.96 Å². The first-order valence-corrected chi connectivity index (χ1v) is 8.91. The van der Waals surface area contributed by atoms with Gasteiger partial charge >= 0.3 is 0 Å². The number of nitrogens with zero attached hydrogens (tertiary/aromatic N) is 1. The fourth-order valence-corrected chi connectivity index (χ4v) is 2.93. The fourth-order valence-electron chi connectivity index (χ4n) is 2.67. The average molecular weight is 503 g/mol. The summed E-state index contributed by atoms with van der Waals surface area (Å²) in [6, 6.07) is 15.9. The van der Waals surface area contributed by atoms with Crippen LogP contribution in [0.1, 0.15) is 32.4 Å². The second-order valence-electron chi connectivity index (χ2n) is 6.84. The van der Waals surface area contributed by atoms with Gasteiger partial charge in [-0.15, -0.1) is 24.0 Å². The zero-order chi connectivity index (χ0) is 19.2. The van der Waals surface area contributed by atoms with Gasteiger partial charge < -0.3 is 21.1 Å². The smallest absolute Gasteiger partial charge is 0.193 e. The van der Waals surface area contributed by atoms with Crippen LogP contribution in [0.3, 0.4) is 0 Å². The van der Waals surface area contributed by atoms with Crippen molar-refractivity contribution in [2.45, 2.75) is 32.4 Å². The van der Waals surface area contributed by atoms with Crippen molar-refractivity contribution in [3.05, 3.63) is 59.1 Å². The van der Waals surface area contributed by atoms with Crippen LogP contribution in [-0.4, -0.2) is 25.2 Å². The molecule has 0 saturated heterocycles. The molecule has 4 N–H and O–H groups in total. The number of methoxy groups -OCH3 is 1. The third-order valence-corrected chi connectivity index (χ3v) is 4.27.